The Labute approximate surface area is 200 Å². The highest BCUT2D eigenvalue weighted by atomic mass is 127. The number of nitrogens with zero attached hydrogens (tertiary/aromatic N) is 2. The van der Waals surface area contributed by atoms with Gasteiger partial charge in [-0.3, -0.25) is 14.6 Å². The van der Waals surface area contributed by atoms with Gasteiger partial charge in [-0.1, -0.05) is 30.3 Å². The van der Waals surface area contributed by atoms with E-state index in [0.717, 1.165) is 37.1 Å². The summed E-state index contributed by atoms with van der Waals surface area (Å²) in [5, 5.41) is 8.96. The number of carbonyl (C=O) groups is 2. The predicted octanol–water partition coefficient (Wildman–Crippen LogP) is 2.35. The first-order valence-corrected chi connectivity index (χ1v) is 10.3. The average Bonchev–Trinajstić information content (AvgIpc) is 2.80. The fourth-order valence-corrected chi connectivity index (χ4v) is 3.61. The van der Waals surface area contributed by atoms with Gasteiger partial charge in [-0.25, -0.2) is 0 Å². The number of aryl methyl sites for hydroxylation is 1. The van der Waals surface area contributed by atoms with Crippen molar-refractivity contribution in [1.29, 1.82) is 0 Å². The lowest BCUT2D eigenvalue weighted by Gasteiger charge is -2.29. The Morgan fingerprint density at radius 2 is 1.90 bits per heavy atom. The standard InChI is InChI=1S/C23H29N5O2.HI/c1-24-22(30)19-9-5-7-17(15-19)12-13-26-23(25-2)27-16-21(29)28-14-6-10-18-8-3-4-11-20(18)28;/h3-5,7-9,11,15H,6,10,12-14,16H2,1-2H3,(H,24,30)(H2,25,26,27);1H. The number of para-hydroxylation sites is 1. The average molecular weight is 535 g/mol. The van der Waals surface area contributed by atoms with E-state index in [0.29, 0.717) is 18.1 Å². The van der Waals surface area contributed by atoms with Gasteiger partial charge in [-0.2, -0.15) is 0 Å². The number of hydrogen-bond donors (Lipinski definition) is 3. The lowest BCUT2D eigenvalue weighted by molar-refractivity contribution is -0.117. The SMILES string of the molecule is CN=C(NCCc1cccc(C(=O)NC)c1)NCC(=O)N1CCCc2ccccc21.I. The van der Waals surface area contributed by atoms with Crippen LogP contribution in [0.15, 0.2) is 53.5 Å². The molecule has 0 saturated heterocycles. The molecule has 31 heavy (non-hydrogen) atoms. The summed E-state index contributed by atoms with van der Waals surface area (Å²) in [4.78, 5) is 30.6. The van der Waals surface area contributed by atoms with Crippen molar-refractivity contribution in [3.8, 4) is 0 Å². The maximum absolute atomic E-state index is 12.7. The molecule has 1 aliphatic rings. The van der Waals surface area contributed by atoms with Gasteiger partial charge in [-0.15, -0.1) is 24.0 Å². The number of benzene rings is 2. The molecular weight excluding hydrogens is 505 g/mol. The van der Waals surface area contributed by atoms with Crippen molar-refractivity contribution in [3.63, 3.8) is 0 Å². The Bertz CT molecular complexity index is 932. The van der Waals surface area contributed by atoms with Gasteiger partial charge in [0.2, 0.25) is 5.91 Å². The van der Waals surface area contributed by atoms with E-state index in [1.807, 2.05) is 41.3 Å². The molecule has 0 fully saturated rings. The molecule has 1 heterocycles. The third kappa shape index (κ3) is 6.68. The van der Waals surface area contributed by atoms with Gasteiger partial charge in [0.1, 0.15) is 0 Å². The monoisotopic (exact) mass is 535 g/mol. The molecule has 0 spiro atoms. The summed E-state index contributed by atoms with van der Waals surface area (Å²) in [7, 11) is 3.30. The van der Waals surface area contributed by atoms with E-state index in [9.17, 15) is 9.59 Å². The van der Waals surface area contributed by atoms with Crippen LogP contribution < -0.4 is 20.9 Å². The van der Waals surface area contributed by atoms with E-state index in [1.165, 1.54) is 5.56 Å². The van der Waals surface area contributed by atoms with E-state index in [1.54, 1.807) is 20.2 Å². The summed E-state index contributed by atoms with van der Waals surface area (Å²) < 4.78 is 0. The van der Waals surface area contributed by atoms with Crippen LogP contribution in [-0.2, 0) is 17.6 Å². The van der Waals surface area contributed by atoms with Gasteiger partial charge in [0.25, 0.3) is 5.91 Å². The van der Waals surface area contributed by atoms with Crippen molar-refractivity contribution >= 4 is 47.4 Å². The number of guanidine groups is 1. The Kier molecular flexibility index (Phi) is 9.77. The number of aliphatic imine (C=N–C) groups is 1. The molecule has 2 aromatic carbocycles. The van der Waals surface area contributed by atoms with Crippen LogP contribution in [-0.4, -0.2) is 51.5 Å². The Morgan fingerprint density at radius 3 is 2.68 bits per heavy atom. The zero-order valence-electron chi connectivity index (χ0n) is 18.0. The summed E-state index contributed by atoms with van der Waals surface area (Å²) in [5.41, 5.74) is 3.93. The van der Waals surface area contributed by atoms with Crippen LogP contribution in [0.1, 0.15) is 27.9 Å². The lowest BCUT2D eigenvalue weighted by atomic mass is 10.0. The highest BCUT2D eigenvalue weighted by Crippen LogP contribution is 2.26. The number of rotatable bonds is 6. The number of nitrogens with one attached hydrogen (secondary N) is 3. The molecule has 3 N–H and O–H groups in total. The van der Waals surface area contributed by atoms with Gasteiger partial charge in [0, 0.05) is 38.4 Å². The molecule has 3 rings (SSSR count). The first-order chi connectivity index (χ1) is 14.6. The minimum atomic E-state index is -0.0971. The summed E-state index contributed by atoms with van der Waals surface area (Å²) in [6.07, 6.45) is 2.72. The second-order valence-corrected chi connectivity index (χ2v) is 7.16. The zero-order valence-corrected chi connectivity index (χ0v) is 20.3. The molecule has 2 aromatic rings. The summed E-state index contributed by atoms with van der Waals surface area (Å²) >= 11 is 0. The van der Waals surface area contributed by atoms with Gasteiger partial charge < -0.3 is 20.9 Å². The van der Waals surface area contributed by atoms with Crippen molar-refractivity contribution in [3.05, 3.63) is 65.2 Å². The van der Waals surface area contributed by atoms with Crippen molar-refractivity contribution in [2.45, 2.75) is 19.3 Å². The summed E-state index contributed by atoms with van der Waals surface area (Å²) in [6, 6.07) is 15.6. The maximum atomic E-state index is 12.7. The van der Waals surface area contributed by atoms with E-state index in [2.05, 4.69) is 27.0 Å². The molecule has 7 nitrogen and oxygen atoms in total. The molecule has 8 heteroatoms. The lowest BCUT2D eigenvalue weighted by Crippen LogP contribution is -2.46. The highest BCUT2D eigenvalue weighted by Gasteiger charge is 2.21. The Balaban J connectivity index is 0.00000341. The molecule has 0 saturated carbocycles. The Hall–Kier alpha value is -2.62. The molecule has 0 unspecified atom stereocenters. The third-order valence-electron chi connectivity index (χ3n) is 5.16. The maximum Gasteiger partial charge on any atom is 0.251 e. The van der Waals surface area contributed by atoms with E-state index >= 15 is 0 Å². The van der Waals surface area contributed by atoms with Crippen molar-refractivity contribution in [2.75, 3.05) is 38.6 Å². The molecule has 0 aliphatic carbocycles. The van der Waals surface area contributed by atoms with Crippen LogP contribution in [0.5, 0.6) is 0 Å². The molecule has 0 bridgehead atoms. The highest BCUT2D eigenvalue weighted by molar-refractivity contribution is 14.0. The minimum Gasteiger partial charge on any atom is -0.356 e. The molecule has 0 radical (unpaired) electrons. The Morgan fingerprint density at radius 1 is 1.10 bits per heavy atom. The first kappa shape index (κ1) is 24.6. The number of carbonyl (C=O) groups excluding carboxylic acids is 2. The largest absolute Gasteiger partial charge is 0.356 e. The van der Waals surface area contributed by atoms with Gasteiger partial charge >= 0.3 is 0 Å². The van der Waals surface area contributed by atoms with E-state index in [4.69, 9.17) is 0 Å². The van der Waals surface area contributed by atoms with E-state index in [-0.39, 0.29) is 42.3 Å². The fourth-order valence-electron chi connectivity index (χ4n) is 3.61. The second kappa shape index (κ2) is 12.3. The van der Waals surface area contributed by atoms with E-state index < -0.39 is 0 Å². The molecular formula is C23H30IN5O2. The van der Waals surface area contributed by atoms with Crippen molar-refractivity contribution in [1.82, 2.24) is 16.0 Å². The van der Waals surface area contributed by atoms with Gasteiger partial charge in [0.15, 0.2) is 5.96 Å². The summed E-state index contributed by atoms with van der Waals surface area (Å²) in [6.45, 7) is 1.56. The summed E-state index contributed by atoms with van der Waals surface area (Å²) in [5.74, 6) is 0.513. The predicted molar refractivity (Wildman–Crippen MR) is 135 cm³/mol. The molecule has 2 amide bonds. The number of halogens is 1. The topological polar surface area (TPSA) is 85.8 Å². The van der Waals surface area contributed by atoms with Crippen LogP contribution in [0.4, 0.5) is 5.69 Å². The minimum absolute atomic E-state index is 0. The third-order valence-corrected chi connectivity index (χ3v) is 5.16. The van der Waals surface area contributed by atoms with Gasteiger partial charge in [-0.05, 0) is 48.6 Å². The van der Waals surface area contributed by atoms with Crippen LogP contribution in [0.25, 0.3) is 0 Å². The van der Waals surface area contributed by atoms with Crippen LogP contribution in [0, 0.1) is 0 Å². The van der Waals surface area contributed by atoms with Crippen molar-refractivity contribution in [2.24, 2.45) is 4.99 Å². The number of amides is 2. The number of hydrogen-bond acceptors (Lipinski definition) is 3. The van der Waals surface area contributed by atoms with Crippen LogP contribution in [0.2, 0.25) is 0 Å². The van der Waals surface area contributed by atoms with Crippen LogP contribution in [0.3, 0.4) is 0 Å². The molecule has 0 atom stereocenters. The van der Waals surface area contributed by atoms with Gasteiger partial charge in [0.05, 0.1) is 6.54 Å². The molecule has 1 aliphatic heterocycles. The van der Waals surface area contributed by atoms with Crippen LogP contribution >= 0.6 is 24.0 Å². The zero-order chi connectivity index (χ0) is 21.3. The molecule has 166 valence electrons. The number of fused-ring (bicyclic) bond motifs is 1. The van der Waals surface area contributed by atoms with Crippen molar-refractivity contribution < 1.29 is 9.59 Å². The second-order valence-electron chi connectivity index (χ2n) is 7.16. The normalized spacial score (nSPS) is 13.0. The first-order valence-electron chi connectivity index (χ1n) is 10.3. The quantitative estimate of drug-likeness (QED) is 0.301. The fraction of sp³-hybridized carbons (Fsp3) is 0.348. The molecule has 0 aromatic heterocycles. The smallest absolute Gasteiger partial charge is 0.251 e. The number of anilines is 1.